The lowest BCUT2D eigenvalue weighted by Gasteiger charge is -2.32. The van der Waals surface area contributed by atoms with E-state index >= 15 is 0 Å². The van der Waals surface area contributed by atoms with Crippen molar-refractivity contribution in [3.8, 4) is 0 Å². The maximum atomic E-state index is 13.2. The summed E-state index contributed by atoms with van der Waals surface area (Å²) >= 11 is 0. The fourth-order valence-corrected chi connectivity index (χ4v) is 2.37. The van der Waals surface area contributed by atoms with Crippen LogP contribution >= 0.6 is 0 Å². The van der Waals surface area contributed by atoms with Crippen molar-refractivity contribution >= 4 is 11.9 Å². The summed E-state index contributed by atoms with van der Waals surface area (Å²) in [5, 5.41) is 0. The molecular weight excluding hydrogens is 260 g/mol. The number of hydrogen-bond donors (Lipinski definition) is 0. The zero-order valence-electron chi connectivity index (χ0n) is 10.9. The number of rotatable bonds is 3. The van der Waals surface area contributed by atoms with E-state index in [1.54, 1.807) is 0 Å². The van der Waals surface area contributed by atoms with Crippen LogP contribution in [0, 0.1) is 11.8 Å². The minimum Gasteiger partial charge on any atom is -0.469 e. The van der Waals surface area contributed by atoms with Crippen LogP contribution in [0.1, 0.15) is 13.3 Å². The van der Waals surface area contributed by atoms with E-state index in [9.17, 15) is 18.4 Å². The van der Waals surface area contributed by atoms with Gasteiger partial charge < -0.3 is 14.4 Å². The van der Waals surface area contributed by atoms with E-state index in [-0.39, 0.29) is 26.1 Å². The molecule has 5 nitrogen and oxygen atoms in total. The molecule has 0 aromatic heterocycles. The number of morpholine rings is 1. The second-order valence-corrected chi connectivity index (χ2v) is 5.00. The SMILES string of the molecule is COC(=O)CC1CN(C(=O)C2C(C)C2(F)F)CCO1. The first-order valence-electron chi connectivity index (χ1n) is 6.23. The number of nitrogens with zero attached hydrogens (tertiary/aromatic N) is 1. The zero-order chi connectivity index (χ0) is 14.2. The molecule has 3 atom stereocenters. The van der Waals surface area contributed by atoms with Crippen LogP contribution in [0.3, 0.4) is 0 Å². The summed E-state index contributed by atoms with van der Waals surface area (Å²) in [7, 11) is 1.26. The standard InChI is InChI=1S/C12H17F2NO4/c1-7-10(12(7,13)14)11(17)15-3-4-19-8(6-15)5-9(16)18-2/h7-8,10H,3-6H2,1-2H3. The molecule has 2 fully saturated rings. The fourth-order valence-electron chi connectivity index (χ4n) is 2.37. The highest BCUT2D eigenvalue weighted by molar-refractivity contribution is 5.83. The largest absolute Gasteiger partial charge is 0.469 e. The Morgan fingerprint density at radius 1 is 1.47 bits per heavy atom. The van der Waals surface area contributed by atoms with Crippen LogP contribution in [0.2, 0.25) is 0 Å². The molecule has 108 valence electrons. The van der Waals surface area contributed by atoms with E-state index in [2.05, 4.69) is 4.74 Å². The number of esters is 1. The van der Waals surface area contributed by atoms with Gasteiger partial charge in [0, 0.05) is 19.0 Å². The Hall–Kier alpha value is -1.24. The van der Waals surface area contributed by atoms with Crippen LogP contribution in [-0.4, -0.2) is 55.6 Å². The second kappa shape index (κ2) is 5.03. The first kappa shape index (κ1) is 14.2. The topological polar surface area (TPSA) is 55.8 Å². The van der Waals surface area contributed by atoms with Gasteiger partial charge >= 0.3 is 5.97 Å². The lowest BCUT2D eigenvalue weighted by Crippen LogP contribution is -2.47. The number of amides is 1. The highest BCUT2D eigenvalue weighted by Crippen LogP contribution is 2.55. The third-order valence-corrected chi connectivity index (χ3v) is 3.75. The van der Waals surface area contributed by atoms with Gasteiger partial charge in [0.05, 0.1) is 26.2 Å². The molecule has 3 unspecified atom stereocenters. The Labute approximate surface area is 109 Å². The predicted molar refractivity (Wildman–Crippen MR) is 60.6 cm³/mol. The number of carbonyl (C=O) groups is 2. The molecule has 19 heavy (non-hydrogen) atoms. The maximum Gasteiger partial charge on any atom is 0.308 e. The highest BCUT2D eigenvalue weighted by atomic mass is 19.3. The van der Waals surface area contributed by atoms with Crippen molar-refractivity contribution in [1.82, 2.24) is 4.90 Å². The molecule has 0 spiro atoms. The molecule has 7 heteroatoms. The smallest absolute Gasteiger partial charge is 0.308 e. The van der Waals surface area contributed by atoms with Crippen LogP contribution < -0.4 is 0 Å². The molecule has 1 amide bonds. The van der Waals surface area contributed by atoms with Crippen molar-refractivity contribution in [2.75, 3.05) is 26.8 Å². The van der Waals surface area contributed by atoms with Gasteiger partial charge in [0.2, 0.25) is 5.91 Å². The van der Waals surface area contributed by atoms with Crippen LogP contribution in [0.25, 0.3) is 0 Å². The molecule has 1 heterocycles. The Morgan fingerprint density at radius 2 is 2.11 bits per heavy atom. The van der Waals surface area contributed by atoms with Crippen molar-refractivity contribution < 1.29 is 27.8 Å². The number of ether oxygens (including phenoxy) is 2. The molecule has 1 saturated heterocycles. The number of hydrogen-bond acceptors (Lipinski definition) is 4. The quantitative estimate of drug-likeness (QED) is 0.712. The summed E-state index contributed by atoms with van der Waals surface area (Å²) in [6.07, 6.45) is -0.454. The average Bonchev–Trinajstić information content (AvgIpc) is 2.87. The zero-order valence-corrected chi connectivity index (χ0v) is 10.9. The number of carbonyl (C=O) groups excluding carboxylic acids is 2. The summed E-state index contributed by atoms with van der Waals surface area (Å²) in [5.74, 6) is -6.00. The van der Waals surface area contributed by atoms with E-state index in [0.717, 1.165) is 0 Å². The van der Waals surface area contributed by atoms with Crippen LogP contribution in [-0.2, 0) is 19.1 Å². The lowest BCUT2D eigenvalue weighted by atomic mass is 10.2. The van der Waals surface area contributed by atoms with Gasteiger partial charge in [0.1, 0.15) is 5.92 Å². The summed E-state index contributed by atoms with van der Waals surface area (Å²) in [6, 6.07) is 0. The third-order valence-electron chi connectivity index (χ3n) is 3.75. The Bertz CT molecular complexity index is 388. The van der Waals surface area contributed by atoms with Crippen LogP contribution in [0.15, 0.2) is 0 Å². The lowest BCUT2D eigenvalue weighted by molar-refractivity contribution is -0.151. The molecule has 0 radical (unpaired) electrons. The van der Waals surface area contributed by atoms with Gasteiger partial charge in [-0.15, -0.1) is 0 Å². The fraction of sp³-hybridized carbons (Fsp3) is 0.833. The summed E-state index contributed by atoms with van der Waals surface area (Å²) in [6.45, 7) is 2.07. The van der Waals surface area contributed by atoms with E-state index in [0.29, 0.717) is 0 Å². The molecule has 1 aliphatic heterocycles. The molecule has 0 bridgehead atoms. The second-order valence-electron chi connectivity index (χ2n) is 5.00. The molecule has 1 aliphatic carbocycles. The Balaban J connectivity index is 1.91. The molecule has 2 aliphatic rings. The van der Waals surface area contributed by atoms with Crippen molar-refractivity contribution in [3.63, 3.8) is 0 Å². The first-order chi connectivity index (χ1) is 8.87. The molecule has 1 saturated carbocycles. The van der Waals surface area contributed by atoms with E-state index in [1.807, 2.05) is 0 Å². The Kier molecular flexibility index (Phi) is 3.75. The van der Waals surface area contributed by atoms with Crippen LogP contribution in [0.4, 0.5) is 8.78 Å². The minimum absolute atomic E-state index is 0.0247. The predicted octanol–water partition coefficient (Wildman–Crippen LogP) is 0.678. The van der Waals surface area contributed by atoms with Gasteiger partial charge in [-0.25, -0.2) is 8.78 Å². The number of methoxy groups -OCH3 is 1. The van der Waals surface area contributed by atoms with Crippen molar-refractivity contribution in [3.05, 3.63) is 0 Å². The Morgan fingerprint density at radius 3 is 2.63 bits per heavy atom. The average molecular weight is 277 g/mol. The number of halogens is 2. The summed E-state index contributed by atoms with van der Waals surface area (Å²) < 4.78 is 36.3. The van der Waals surface area contributed by atoms with Gasteiger partial charge in [-0.3, -0.25) is 9.59 Å². The minimum atomic E-state index is -2.90. The van der Waals surface area contributed by atoms with Gasteiger partial charge in [-0.1, -0.05) is 6.92 Å². The van der Waals surface area contributed by atoms with Crippen LogP contribution in [0.5, 0.6) is 0 Å². The number of alkyl halides is 2. The molecule has 2 rings (SSSR count). The highest BCUT2D eigenvalue weighted by Gasteiger charge is 2.70. The summed E-state index contributed by atoms with van der Waals surface area (Å²) in [5.41, 5.74) is 0. The molecular formula is C12H17F2NO4. The van der Waals surface area contributed by atoms with Gasteiger partial charge in [0.25, 0.3) is 5.92 Å². The van der Waals surface area contributed by atoms with E-state index in [4.69, 9.17) is 4.74 Å². The first-order valence-corrected chi connectivity index (χ1v) is 6.23. The molecule has 0 aromatic carbocycles. The molecule has 0 aromatic rings. The molecule has 0 N–H and O–H groups in total. The maximum absolute atomic E-state index is 13.2. The third kappa shape index (κ3) is 2.70. The van der Waals surface area contributed by atoms with E-state index < -0.39 is 35.7 Å². The van der Waals surface area contributed by atoms with Gasteiger partial charge in [-0.05, 0) is 0 Å². The van der Waals surface area contributed by atoms with Gasteiger partial charge in [0.15, 0.2) is 0 Å². The monoisotopic (exact) mass is 277 g/mol. The van der Waals surface area contributed by atoms with Crippen molar-refractivity contribution in [2.45, 2.75) is 25.4 Å². The normalized spacial score (nSPS) is 32.8. The van der Waals surface area contributed by atoms with E-state index in [1.165, 1.54) is 18.9 Å². The summed E-state index contributed by atoms with van der Waals surface area (Å²) in [4.78, 5) is 24.5. The van der Waals surface area contributed by atoms with Crippen molar-refractivity contribution in [1.29, 1.82) is 0 Å². The van der Waals surface area contributed by atoms with Gasteiger partial charge in [-0.2, -0.15) is 0 Å². The van der Waals surface area contributed by atoms with Crippen molar-refractivity contribution in [2.24, 2.45) is 11.8 Å².